The number of para-hydroxylation sites is 1. The zero-order valence-corrected chi connectivity index (χ0v) is 17.0. The Balaban J connectivity index is 1.43. The van der Waals surface area contributed by atoms with Gasteiger partial charge in [-0.1, -0.05) is 47.7 Å². The molecule has 0 spiro atoms. The van der Waals surface area contributed by atoms with Gasteiger partial charge < -0.3 is 10.1 Å². The summed E-state index contributed by atoms with van der Waals surface area (Å²) >= 11 is 1.35. The first kappa shape index (κ1) is 19.6. The SMILES string of the molecule is C[C@H](Oc1ccccc1)C(=O)Nc1ccc2nc(NC(=O)c3ccccc3)sc2c1. The number of amides is 2. The lowest BCUT2D eigenvalue weighted by atomic mass is 10.2. The molecule has 4 aromatic rings. The van der Waals surface area contributed by atoms with Gasteiger partial charge in [0.1, 0.15) is 5.75 Å². The molecular weight excluding hydrogens is 398 g/mol. The summed E-state index contributed by atoms with van der Waals surface area (Å²) in [5.74, 6) is 0.173. The number of rotatable bonds is 6. The first-order valence-electron chi connectivity index (χ1n) is 9.38. The van der Waals surface area contributed by atoms with Crippen LogP contribution in [0, 0.1) is 0 Å². The van der Waals surface area contributed by atoms with Crippen LogP contribution in [-0.2, 0) is 4.79 Å². The number of thiazole rings is 1. The van der Waals surface area contributed by atoms with E-state index in [1.165, 1.54) is 11.3 Å². The molecule has 0 unspecified atom stereocenters. The van der Waals surface area contributed by atoms with Gasteiger partial charge in [0.05, 0.1) is 10.2 Å². The van der Waals surface area contributed by atoms with Crippen LogP contribution in [0.3, 0.4) is 0 Å². The van der Waals surface area contributed by atoms with Gasteiger partial charge in [-0.25, -0.2) is 4.98 Å². The van der Waals surface area contributed by atoms with Gasteiger partial charge >= 0.3 is 0 Å². The number of carbonyl (C=O) groups excluding carboxylic acids is 2. The molecule has 30 heavy (non-hydrogen) atoms. The minimum atomic E-state index is -0.648. The van der Waals surface area contributed by atoms with Crippen LogP contribution in [0.4, 0.5) is 10.8 Å². The third-order valence-electron chi connectivity index (χ3n) is 4.34. The van der Waals surface area contributed by atoms with Gasteiger partial charge in [0, 0.05) is 11.3 Å². The predicted octanol–water partition coefficient (Wildman–Crippen LogP) is 4.95. The van der Waals surface area contributed by atoms with Crippen molar-refractivity contribution in [2.24, 2.45) is 0 Å². The molecule has 0 radical (unpaired) electrons. The highest BCUT2D eigenvalue weighted by molar-refractivity contribution is 7.22. The van der Waals surface area contributed by atoms with E-state index in [1.54, 1.807) is 37.3 Å². The summed E-state index contributed by atoms with van der Waals surface area (Å²) in [5, 5.41) is 6.17. The monoisotopic (exact) mass is 417 g/mol. The van der Waals surface area contributed by atoms with Gasteiger partial charge in [-0.05, 0) is 49.4 Å². The van der Waals surface area contributed by atoms with Gasteiger partial charge in [0.15, 0.2) is 11.2 Å². The quantitative estimate of drug-likeness (QED) is 0.465. The molecule has 150 valence electrons. The van der Waals surface area contributed by atoms with Crippen molar-refractivity contribution in [3.63, 3.8) is 0 Å². The number of nitrogens with one attached hydrogen (secondary N) is 2. The second kappa shape index (κ2) is 8.75. The molecule has 7 heteroatoms. The molecule has 6 nitrogen and oxygen atoms in total. The minimum Gasteiger partial charge on any atom is -0.481 e. The van der Waals surface area contributed by atoms with Crippen molar-refractivity contribution < 1.29 is 14.3 Å². The molecule has 1 aromatic heterocycles. The fraction of sp³-hybridized carbons (Fsp3) is 0.0870. The first-order chi connectivity index (χ1) is 14.6. The van der Waals surface area contributed by atoms with Crippen molar-refractivity contribution in [3.8, 4) is 5.75 Å². The number of anilines is 2. The van der Waals surface area contributed by atoms with E-state index in [0.717, 1.165) is 10.2 Å². The Labute approximate surface area is 177 Å². The average molecular weight is 417 g/mol. The standard InChI is InChI=1S/C23H19N3O3S/c1-15(29-18-10-6-3-7-11-18)21(27)24-17-12-13-19-20(14-17)30-23(25-19)26-22(28)16-8-4-2-5-9-16/h2-15H,1H3,(H,24,27)(H,25,26,28)/t15-/m0/s1. The van der Waals surface area contributed by atoms with E-state index in [2.05, 4.69) is 15.6 Å². The van der Waals surface area contributed by atoms with Crippen LogP contribution >= 0.6 is 11.3 Å². The lowest BCUT2D eigenvalue weighted by Gasteiger charge is -2.14. The Bertz CT molecular complexity index is 1180. The van der Waals surface area contributed by atoms with Gasteiger partial charge in [0.25, 0.3) is 11.8 Å². The molecule has 1 heterocycles. The molecule has 0 aliphatic rings. The Morgan fingerprint density at radius 1 is 0.933 bits per heavy atom. The molecule has 0 saturated carbocycles. The molecule has 2 N–H and O–H groups in total. The van der Waals surface area contributed by atoms with Gasteiger partial charge in [-0.3, -0.25) is 14.9 Å². The fourth-order valence-electron chi connectivity index (χ4n) is 2.82. The van der Waals surface area contributed by atoms with E-state index in [9.17, 15) is 9.59 Å². The lowest BCUT2D eigenvalue weighted by molar-refractivity contribution is -0.122. The highest BCUT2D eigenvalue weighted by Crippen LogP contribution is 2.29. The maximum absolute atomic E-state index is 12.5. The van der Waals surface area contributed by atoms with Crippen molar-refractivity contribution in [1.82, 2.24) is 4.98 Å². The van der Waals surface area contributed by atoms with Crippen molar-refractivity contribution in [3.05, 3.63) is 84.4 Å². The van der Waals surface area contributed by atoms with Gasteiger partial charge in [-0.2, -0.15) is 0 Å². The lowest BCUT2D eigenvalue weighted by Crippen LogP contribution is -2.30. The van der Waals surface area contributed by atoms with Gasteiger partial charge in [-0.15, -0.1) is 0 Å². The largest absolute Gasteiger partial charge is 0.481 e. The smallest absolute Gasteiger partial charge is 0.265 e. The third kappa shape index (κ3) is 4.64. The van der Waals surface area contributed by atoms with Crippen molar-refractivity contribution >= 4 is 44.2 Å². The summed E-state index contributed by atoms with van der Waals surface area (Å²) in [6.45, 7) is 1.70. The normalized spacial score (nSPS) is 11.6. The Hall–Kier alpha value is -3.71. The molecular formula is C23H19N3O3S. The van der Waals surface area contributed by atoms with Crippen LogP contribution in [0.5, 0.6) is 5.75 Å². The summed E-state index contributed by atoms with van der Waals surface area (Å²) in [6.07, 6.45) is -0.648. The van der Waals surface area contributed by atoms with Crippen LogP contribution in [0.2, 0.25) is 0 Å². The summed E-state index contributed by atoms with van der Waals surface area (Å²) in [7, 11) is 0. The number of hydrogen-bond donors (Lipinski definition) is 2. The summed E-state index contributed by atoms with van der Waals surface area (Å²) < 4.78 is 6.51. The third-order valence-corrected chi connectivity index (χ3v) is 5.27. The molecule has 1 atom stereocenters. The summed E-state index contributed by atoms with van der Waals surface area (Å²) in [4.78, 5) is 29.2. The molecule has 4 rings (SSSR count). The highest BCUT2D eigenvalue weighted by atomic mass is 32.1. The fourth-order valence-corrected chi connectivity index (χ4v) is 3.72. The van der Waals surface area contributed by atoms with Crippen LogP contribution in [-0.4, -0.2) is 22.9 Å². The molecule has 3 aromatic carbocycles. The number of ether oxygens (including phenoxy) is 1. The second-order valence-electron chi connectivity index (χ2n) is 6.58. The summed E-state index contributed by atoms with van der Waals surface area (Å²) in [5.41, 5.74) is 1.95. The van der Waals surface area contributed by atoms with Crippen molar-refractivity contribution in [2.75, 3.05) is 10.6 Å². The van der Waals surface area contributed by atoms with Crippen molar-refractivity contribution in [2.45, 2.75) is 13.0 Å². The zero-order valence-electron chi connectivity index (χ0n) is 16.2. The van der Waals surface area contributed by atoms with Crippen LogP contribution in [0.25, 0.3) is 10.2 Å². The topological polar surface area (TPSA) is 80.3 Å². The van der Waals surface area contributed by atoms with E-state index < -0.39 is 6.10 Å². The predicted molar refractivity (Wildman–Crippen MR) is 119 cm³/mol. The zero-order chi connectivity index (χ0) is 20.9. The maximum Gasteiger partial charge on any atom is 0.265 e. The highest BCUT2D eigenvalue weighted by Gasteiger charge is 2.16. The molecule has 0 fully saturated rings. The van der Waals surface area contributed by atoms with E-state index in [1.807, 2.05) is 48.5 Å². The van der Waals surface area contributed by atoms with E-state index in [4.69, 9.17) is 4.74 Å². The van der Waals surface area contributed by atoms with Crippen molar-refractivity contribution in [1.29, 1.82) is 0 Å². The first-order valence-corrected chi connectivity index (χ1v) is 10.2. The van der Waals surface area contributed by atoms with Crippen LogP contribution in [0.15, 0.2) is 78.9 Å². The number of nitrogens with zero attached hydrogens (tertiary/aromatic N) is 1. The maximum atomic E-state index is 12.5. The number of hydrogen-bond acceptors (Lipinski definition) is 5. The summed E-state index contributed by atoms with van der Waals surface area (Å²) in [6, 6.07) is 23.6. The van der Waals surface area contributed by atoms with E-state index in [-0.39, 0.29) is 11.8 Å². The van der Waals surface area contributed by atoms with E-state index in [0.29, 0.717) is 22.1 Å². The average Bonchev–Trinajstić information content (AvgIpc) is 3.16. The second-order valence-corrected chi connectivity index (χ2v) is 7.61. The number of carbonyl (C=O) groups is 2. The Kier molecular flexibility index (Phi) is 5.72. The van der Waals surface area contributed by atoms with Gasteiger partial charge in [0.2, 0.25) is 0 Å². The molecule has 0 saturated heterocycles. The Morgan fingerprint density at radius 2 is 1.63 bits per heavy atom. The van der Waals surface area contributed by atoms with Crippen LogP contribution < -0.4 is 15.4 Å². The molecule has 2 amide bonds. The van der Waals surface area contributed by atoms with Crippen LogP contribution in [0.1, 0.15) is 17.3 Å². The number of fused-ring (bicyclic) bond motifs is 1. The van der Waals surface area contributed by atoms with E-state index >= 15 is 0 Å². The number of benzene rings is 3. The number of aromatic nitrogens is 1. The molecule has 0 aliphatic carbocycles. The Morgan fingerprint density at radius 3 is 2.37 bits per heavy atom. The molecule has 0 aliphatic heterocycles. The minimum absolute atomic E-state index is 0.213. The molecule has 0 bridgehead atoms.